The van der Waals surface area contributed by atoms with Crippen LogP contribution < -0.4 is 10.1 Å². The predicted octanol–water partition coefficient (Wildman–Crippen LogP) is 2.67. The summed E-state index contributed by atoms with van der Waals surface area (Å²) in [5, 5.41) is 11.2. The highest BCUT2D eigenvalue weighted by Gasteiger charge is 2.02. The molecule has 0 spiro atoms. The summed E-state index contributed by atoms with van der Waals surface area (Å²) in [6.45, 7) is 0. The lowest BCUT2D eigenvalue weighted by atomic mass is 10.3. The van der Waals surface area contributed by atoms with Crippen LogP contribution in [0.1, 0.15) is 12.8 Å². The maximum atomic E-state index is 11.6. The SMILES string of the molecule is COc1ccc(NC(=O)CSCCCC#N)cc1. The van der Waals surface area contributed by atoms with Crippen LogP contribution >= 0.6 is 11.8 Å². The number of ether oxygens (including phenoxy) is 1. The second kappa shape index (κ2) is 8.43. The molecule has 4 nitrogen and oxygen atoms in total. The first kappa shape index (κ1) is 14.4. The average Bonchev–Trinajstić information content (AvgIpc) is 2.39. The molecule has 96 valence electrons. The standard InChI is InChI=1S/C13H16N2O2S/c1-17-12-6-4-11(5-7-12)15-13(16)10-18-9-3-2-8-14/h4-7H,2-3,9-10H2,1H3,(H,15,16). The van der Waals surface area contributed by atoms with Crippen molar-refractivity contribution in [1.29, 1.82) is 5.26 Å². The molecule has 1 aromatic carbocycles. The second-order valence-electron chi connectivity index (χ2n) is 3.59. The molecule has 0 aliphatic rings. The van der Waals surface area contributed by atoms with Crippen LogP contribution in [0.3, 0.4) is 0 Å². The molecule has 0 atom stereocenters. The molecule has 0 aromatic heterocycles. The number of anilines is 1. The molecule has 0 aliphatic heterocycles. The number of thioether (sulfide) groups is 1. The molecular formula is C13H16N2O2S. The van der Waals surface area contributed by atoms with E-state index in [9.17, 15) is 4.79 Å². The number of benzene rings is 1. The van der Waals surface area contributed by atoms with E-state index in [-0.39, 0.29) is 5.91 Å². The Morgan fingerprint density at radius 1 is 1.44 bits per heavy atom. The fraction of sp³-hybridized carbons (Fsp3) is 0.385. The number of rotatable bonds is 7. The van der Waals surface area contributed by atoms with E-state index in [1.54, 1.807) is 43.1 Å². The smallest absolute Gasteiger partial charge is 0.234 e. The summed E-state index contributed by atoms with van der Waals surface area (Å²) in [7, 11) is 1.60. The third kappa shape index (κ3) is 5.60. The minimum Gasteiger partial charge on any atom is -0.497 e. The predicted molar refractivity (Wildman–Crippen MR) is 73.8 cm³/mol. The molecule has 0 unspecified atom stereocenters. The van der Waals surface area contributed by atoms with E-state index in [1.165, 1.54) is 0 Å². The van der Waals surface area contributed by atoms with Gasteiger partial charge in [-0.2, -0.15) is 17.0 Å². The topological polar surface area (TPSA) is 62.1 Å². The number of nitrogens with zero attached hydrogens (tertiary/aromatic N) is 1. The monoisotopic (exact) mass is 264 g/mol. The Bertz CT molecular complexity index is 412. The van der Waals surface area contributed by atoms with Gasteiger partial charge in [-0.3, -0.25) is 4.79 Å². The van der Waals surface area contributed by atoms with Gasteiger partial charge >= 0.3 is 0 Å². The number of carbonyl (C=O) groups excluding carboxylic acids is 1. The first-order chi connectivity index (χ1) is 8.76. The first-order valence-corrected chi connectivity index (χ1v) is 6.80. The summed E-state index contributed by atoms with van der Waals surface area (Å²) in [6.07, 6.45) is 1.38. The zero-order valence-electron chi connectivity index (χ0n) is 10.3. The molecule has 5 heteroatoms. The number of nitrogens with one attached hydrogen (secondary N) is 1. The average molecular weight is 264 g/mol. The van der Waals surface area contributed by atoms with Gasteiger partial charge in [0, 0.05) is 12.1 Å². The Morgan fingerprint density at radius 3 is 2.78 bits per heavy atom. The number of unbranched alkanes of at least 4 members (excludes halogenated alkanes) is 1. The van der Waals surface area contributed by atoms with E-state index >= 15 is 0 Å². The highest BCUT2D eigenvalue weighted by atomic mass is 32.2. The normalized spacial score (nSPS) is 9.56. The second-order valence-corrected chi connectivity index (χ2v) is 4.70. The molecular weight excluding hydrogens is 248 g/mol. The van der Waals surface area contributed by atoms with Crippen molar-refractivity contribution in [1.82, 2.24) is 0 Å². The maximum absolute atomic E-state index is 11.6. The van der Waals surface area contributed by atoms with Crippen molar-refractivity contribution in [2.45, 2.75) is 12.8 Å². The zero-order valence-corrected chi connectivity index (χ0v) is 11.1. The minimum atomic E-state index is -0.0258. The van der Waals surface area contributed by atoms with Gasteiger partial charge in [-0.1, -0.05) is 0 Å². The molecule has 0 saturated carbocycles. The van der Waals surface area contributed by atoms with Crippen LogP contribution in [0.2, 0.25) is 0 Å². The van der Waals surface area contributed by atoms with Gasteiger partial charge in [-0.15, -0.1) is 0 Å². The summed E-state index contributed by atoms with van der Waals surface area (Å²) >= 11 is 1.54. The van der Waals surface area contributed by atoms with Gasteiger partial charge in [0.15, 0.2) is 0 Å². The molecule has 0 bridgehead atoms. The number of methoxy groups -OCH3 is 1. The van der Waals surface area contributed by atoms with Crippen molar-refractivity contribution in [3.8, 4) is 11.8 Å². The molecule has 0 fully saturated rings. The lowest BCUT2D eigenvalue weighted by Crippen LogP contribution is -2.14. The van der Waals surface area contributed by atoms with Crippen molar-refractivity contribution in [2.75, 3.05) is 23.9 Å². The number of hydrogen-bond donors (Lipinski definition) is 1. The summed E-state index contributed by atoms with van der Waals surface area (Å²) in [5.74, 6) is 1.99. The van der Waals surface area contributed by atoms with E-state index in [2.05, 4.69) is 11.4 Å². The Labute approximate surface area is 111 Å². The van der Waals surface area contributed by atoms with E-state index in [0.717, 1.165) is 23.6 Å². The zero-order chi connectivity index (χ0) is 13.2. The molecule has 1 amide bonds. The molecule has 0 radical (unpaired) electrons. The van der Waals surface area contributed by atoms with Gasteiger partial charge in [-0.05, 0) is 36.4 Å². The van der Waals surface area contributed by atoms with Gasteiger partial charge in [0.25, 0.3) is 0 Å². The summed E-state index contributed by atoms with van der Waals surface area (Å²) in [5.41, 5.74) is 0.762. The maximum Gasteiger partial charge on any atom is 0.234 e. The lowest BCUT2D eigenvalue weighted by Gasteiger charge is -2.05. The molecule has 1 aromatic rings. The molecule has 0 aliphatic carbocycles. The van der Waals surface area contributed by atoms with Crippen LogP contribution in [0.15, 0.2) is 24.3 Å². The number of carbonyl (C=O) groups is 1. The number of hydrogen-bond acceptors (Lipinski definition) is 4. The van der Waals surface area contributed by atoms with Gasteiger partial charge in [0.2, 0.25) is 5.91 Å². The Morgan fingerprint density at radius 2 is 2.17 bits per heavy atom. The number of nitriles is 1. The van der Waals surface area contributed by atoms with Gasteiger partial charge in [-0.25, -0.2) is 0 Å². The van der Waals surface area contributed by atoms with Crippen LogP contribution in [-0.2, 0) is 4.79 Å². The van der Waals surface area contributed by atoms with E-state index in [0.29, 0.717) is 12.2 Å². The highest BCUT2D eigenvalue weighted by molar-refractivity contribution is 7.99. The first-order valence-electron chi connectivity index (χ1n) is 5.65. The molecule has 18 heavy (non-hydrogen) atoms. The van der Waals surface area contributed by atoms with Crippen LogP contribution in [-0.4, -0.2) is 24.5 Å². The van der Waals surface area contributed by atoms with Crippen molar-refractivity contribution in [3.05, 3.63) is 24.3 Å². The highest BCUT2D eigenvalue weighted by Crippen LogP contribution is 2.15. The van der Waals surface area contributed by atoms with Crippen LogP contribution in [0.5, 0.6) is 5.75 Å². The number of amides is 1. The van der Waals surface area contributed by atoms with E-state index in [1.807, 2.05) is 0 Å². The molecule has 1 N–H and O–H groups in total. The minimum absolute atomic E-state index is 0.0258. The summed E-state index contributed by atoms with van der Waals surface area (Å²) < 4.78 is 5.03. The van der Waals surface area contributed by atoms with Crippen LogP contribution in [0.25, 0.3) is 0 Å². The van der Waals surface area contributed by atoms with Crippen molar-refractivity contribution in [3.63, 3.8) is 0 Å². The largest absolute Gasteiger partial charge is 0.497 e. The fourth-order valence-corrected chi connectivity index (χ4v) is 2.04. The van der Waals surface area contributed by atoms with E-state index < -0.39 is 0 Å². The third-order valence-corrected chi connectivity index (χ3v) is 3.23. The Balaban J connectivity index is 2.25. The summed E-state index contributed by atoms with van der Waals surface area (Å²) in [6, 6.07) is 9.29. The fourth-order valence-electron chi connectivity index (χ4n) is 1.29. The summed E-state index contributed by atoms with van der Waals surface area (Å²) in [4.78, 5) is 11.6. The van der Waals surface area contributed by atoms with Crippen LogP contribution in [0, 0.1) is 11.3 Å². The Kier molecular flexibility index (Phi) is 6.74. The van der Waals surface area contributed by atoms with Gasteiger partial charge in [0.1, 0.15) is 5.75 Å². The van der Waals surface area contributed by atoms with Crippen molar-refractivity contribution < 1.29 is 9.53 Å². The van der Waals surface area contributed by atoms with Gasteiger partial charge < -0.3 is 10.1 Å². The van der Waals surface area contributed by atoms with Crippen molar-refractivity contribution >= 4 is 23.4 Å². The molecule has 0 saturated heterocycles. The molecule has 1 rings (SSSR count). The van der Waals surface area contributed by atoms with Crippen LogP contribution in [0.4, 0.5) is 5.69 Å². The quantitative estimate of drug-likeness (QED) is 0.769. The van der Waals surface area contributed by atoms with Gasteiger partial charge in [0.05, 0.1) is 18.9 Å². The third-order valence-electron chi connectivity index (χ3n) is 2.18. The van der Waals surface area contributed by atoms with Crippen molar-refractivity contribution in [2.24, 2.45) is 0 Å². The lowest BCUT2D eigenvalue weighted by molar-refractivity contribution is -0.113. The Hall–Kier alpha value is -1.67. The molecule has 0 heterocycles. The van der Waals surface area contributed by atoms with E-state index in [4.69, 9.17) is 10.00 Å².